The van der Waals surface area contributed by atoms with E-state index in [1.165, 1.54) is 102 Å². The SMILES string of the molecule is CCCCCCCCCCCCCCCC.O=C(O)c1ccon1. The van der Waals surface area contributed by atoms with Crippen molar-refractivity contribution in [2.45, 2.75) is 104 Å². The first-order chi connectivity index (χ1) is 11.7. The van der Waals surface area contributed by atoms with Crippen molar-refractivity contribution >= 4 is 5.97 Å². The van der Waals surface area contributed by atoms with Crippen molar-refractivity contribution in [3.05, 3.63) is 18.0 Å². The predicted octanol–water partition coefficient (Wildman–Crippen LogP) is 6.86. The summed E-state index contributed by atoms with van der Waals surface area (Å²) >= 11 is 0. The van der Waals surface area contributed by atoms with Crippen LogP contribution >= 0.6 is 0 Å². The lowest BCUT2D eigenvalue weighted by molar-refractivity contribution is 0.0685. The highest BCUT2D eigenvalue weighted by molar-refractivity contribution is 5.84. The van der Waals surface area contributed by atoms with Crippen LogP contribution in [-0.4, -0.2) is 16.2 Å². The predicted molar refractivity (Wildman–Crippen MR) is 99.4 cm³/mol. The van der Waals surface area contributed by atoms with Gasteiger partial charge in [0.1, 0.15) is 6.26 Å². The highest BCUT2D eigenvalue weighted by atomic mass is 16.5. The molecule has 0 aliphatic heterocycles. The first-order valence-electron chi connectivity index (χ1n) is 9.86. The Bertz CT molecular complexity index is 349. The number of unbranched alkanes of at least 4 members (excludes halogenated alkanes) is 13. The molecule has 0 amide bonds. The van der Waals surface area contributed by atoms with Crippen molar-refractivity contribution in [1.29, 1.82) is 0 Å². The minimum Gasteiger partial charge on any atom is -0.476 e. The molecular weight excluding hydrogens is 302 g/mol. The normalized spacial score (nSPS) is 10.2. The quantitative estimate of drug-likeness (QED) is 0.376. The van der Waals surface area contributed by atoms with Crippen molar-refractivity contribution in [2.24, 2.45) is 0 Å². The van der Waals surface area contributed by atoms with Crippen LogP contribution < -0.4 is 0 Å². The summed E-state index contributed by atoms with van der Waals surface area (Å²) in [5, 5.41) is 11.3. The molecule has 1 heterocycles. The molecule has 1 rings (SSSR count). The third-order valence-corrected chi connectivity index (χ3v) is 4.11. The minimum atomic E-state index is -1.07. The van der Waals surface area contributed by atoms with Gasteiger partial charge in [-0.1, -0.05) is 109 Å². The van der Waals surface area contributed by atoms with E-state index in [2.05, 4.69) is 23.5 Å². The molecule has 1 N–H and O–H groups in total. The van der Waals surface area contributed by atoms with Crippen LogP contribution in [0.4, 0.5) is 0 Å². The third kappa shape index (κ3) is 15.6. The van der Waals surface area contributed by atoms with Crippen molar-refractivity contribution in [3.8, 4) is 0 Å². The van der Waals surface area contributed by atoms with Crippen LogP contribution in [0, 0.1) is 0 Å². The molecule has 0 radical (unpaired) electrons. The second kappa shape index (κ2) is 18.0. The molecule has 0 fully saturated rings. The molecule has 0 aliphatic carbocycles. The zero-order valence-electron chi connectivity index (χ0n) is 15.8. The van der Waals surface area contributed by atoms with E-state index in [9.17, 15) is 4.79 Å². The third-order valence-electron chi connectivity index (χ3n) is 4.11. The number of nitrogens with zero attached hydrogens (tertiary/aromatic N) is 1. The van der Waals surface area contributed by atoms with E-state index in [0.717, 1.165) is 0 Å². The maximum absolute atomic E-state index is 9.94. The Morgan fingerprint density at radius 2 is 1.21 bits per heavy atom. The molecule has 0 aromatic carbocycles. The van der Waals surface area contributed by atoms with Gasteiger partial charge in [0.05, 0.1) is 0 Å². The highest BCUT2D eigenvalue weighted by Crippen LogP contribution is 2.12. The first kappa shape index (κ1) is 22.7. The zero-order valence-corrected chi connectivity index (χ0v) is 15.8. The summed E-state index contributed by atoms with van der Waals surface area (Å²) in [5.74, 6) is -1.07. The number of hydrogen-bond acceptors (Lipinski definition) is 3. The van der Waals surface area contributed by atoms with Crippen molar-refractivity contribution < 1.29 is 14.4 Å². The van der Waals surface area contributed by atoms with Gasteiger partial charge in [-0.05, 0) is 0 Å². The number of carbonyl (C=O) groups is 1. The van der Waals surface area contributed by atoms with E-state index in [1.54, 1.807) is 0 Å². The van der Waals surface area contributed by atoms with Gasteiger partial charge in [-0.15, -0.1) is 0 Å². The summed E-state index contributed by atoms with van der Waals surface area (Å²) in [5.41, 5.74) is -0.0648. The molecular formula is C20H37NO3. The molecule has 0 spiro atoms. The fourth-order valence-corrected chi connectivity index (χ4v) is 2.59. The lowest BCUT2D eigenvalue weighted by atomic mass is 10.0. The van der Waals surface area contributed by atoms with Crippen LogP contribution in [0.5, 0.6) is 0 Å². The van der Waals surface area contributed by atoms with Gasteiger partial charge in [-0.2, -0.15) is 0 Å². The Balaban J connectivity index is 0.000000546. The molecule has 24 heavy (non-hydrogen) atoms. The molecule has 0 atom stereocenters. The zero-order chi connectivity index (χ0) is 17.9. The average molecular weight is 340 g/mol. The van der Waals surface area contributed by atoms with E-state index in [0.29, 0.717) is 0 Å². The van der Waals surface area contributed by atoms with Gasteiger partial charge in [-0.3, -0.25) is 0 Å². The number of aromatic nitrogens is 1. The molecule has 0 saturated carbocycles. The monoisotopic (exact) mass is 339 g/mol. The van der Waals surface area contributed by atoms with Crippen LogP contribution in [0.25, 0.3) is 0 Å². The highest BCUT2D eigenvalue weighted by Gasteiger charge is 2.02. The largest absolute Gasteiger partial charge is 0.476 e. The second-order valence-corrected chi connectivity index (χ2v) is 6.43. The van der Waals surface area contributed by atoms with E-state index in [4.69, 9.17) is 5.11 Å². The summed E-state index contributed by atoms with van der Waals surface area (Å²) in [6.45, 7) is 4.58. The Kier molecular flexibility index (Phi) is 17.0. The number of rotatable bonds is 14. The van der Waals surface area contributed by atoms with Crippen molar-refractivity contribution in [2.75, 3.05) is 0 Å². The van der Waals surface area contributed by atoms with Crippen LogP contribution in [0.3, 0.4) is 0 Å². The fourth-order valence-electron chi connectivity index (χ4n) is 2.59. The second-order valence-electron chi connectivity index (χ2n) is 6.43. The van der Waals surface area contributed by atoms with Gasteiger partial charge < -0.3 is 9.63 Å². The fraction of sp³-hybridized carbons (Fsp3) is 0.800. The summed E-state index contributed by atoms with van der Waals surface area (Å²) in [4.78, 5) is 9.94. The lowest BCUT2D eigenvalue weighted by Crippen LogP contribution is -1.94. The summed E-state index contributed by atoms with van der Waals surface area (Å²) in [6, 6.07) is 1.28. The molecule has 1 aromatic heterocycles. The molecule has 1 aromatic rings. The maximum Gasteiger partial charge on any atom is 0.358 e. The Morgan fingerprint density at radius 3 is 1.42 bits per heavy atom. The topological polar surface area (TPSA) is 63.3 Å². The van der Waals surface area contributed by atoms with Crippen LogP contribution in [0.2, 0.25) is 0 Å². The molecule has 0 unspecified atom stereocenters. The van der Waals surface area contributed by atoms with E-state index >= 15 is 0 Å². The molecule has 140 valence electrons. The lowest BCUT2D eigenvalue weighted by Gasteiger charge is -2.02. The number of carboxylic acids is 1. The van der Waals surface area contributed by atoms with Crippen molar-refractivity contribution in [3.63, 3.8) is 0 Å². The molecule has 0 aliphatic rings. The smallest absolute Gasteiger partial charge is 0.358 e. The van der Waals surface area contributed by atoms with Crippen LogP contribution in [-0.2, 0) is 0 Å². The summed E-state index contributed by atoms with van der Waals surface area (Å²) in [7, 11) is 0. The molecule has 0 saturated heterocycles. The Hall–Kier alpha value is -1.32. The first-order valence-corrected chi connectivity index (χ1v) is 9.86. The maximum atomic E-state index is 9.94. The molecule has 4 heteroatoms. The van der Waals surface area contributed by atoms with Gasteiger partial charge in [0.15, 0.2) is 5.69 Å². The van der Waals surface area contributed by atoms with Crippen molar-refractivity contribution in [1.82, 2.24) is 5.16 Å². The van der Waals surface area contributed by atoms with Gasteiger partial charge >= 0.3 is 5.97 Å². The molecule has 4 nitrogen and oxygen atoms in total. The van der Waals surface area contributed by atoms with Gasteiger partial charge in [0.25, 0.3) is 0 Å². The number of aromatic carboxylic acids is 1. The molecule has 0 bridgehead atoms. The van der Waals surface area contributed by atoms with Gasteiger partial charge in [-0.25, -0.2) is 4.79 Å². The number of hydrogen-bond donors (Lipinski definition) is 1. The number of carboxylic acid groups (broad SMARTS) is 1. The van der Waals surface area contributed by atoms with Gasteiger partial charge in [0, 0.05) is 6.07 Å². The van der Waals surface area contributed by atoms with Crippen LogP contribution in [0.1, 0.15) is 114 Å². The van der Waals surface area contributed by atoms with Gasteiger partial charge in [0.2, 0.25) is 0 Å². The Labute approximate surface area is 148 Å². The minimum absolute atomic E-state index is 0.0648. The Morgan fingerprint density at radius 1 is 0.833 bits per heavy atom. The summed E-state index contributed by atoms with van der Waals surface area (Å²) in [6.07, 6.45) is 21.6. The summed E-state index contributed by atoms with van der Waals surface area (Å²) < 4.78 is 4.24. The standard InChI is InChI=1S/C16H34.C4H3NO3/c1-3-5-7-9-11-13-15-16-14-12-10-8-6-4-2;6-4(7)3-1-2-8-5-3/h3-16H2,1-2H3;1-2H,(H,6,7). The average Bonchev–Trinajstić information content (AvgIpc) is 3.11. The van der Waals surface area contributed by atoms with E-state index in [-0.39, 0.29) is 5.69 Å². The van der Waals surface area contributed by atoms with E-state index in [1.807, 2.05) is 0 Å². The van der Waals surface area contributed by atoms with Crippen LogP contribution in [0.15, 0.2) is 16.9 Å². The van der Waals surface area contributed by atoms with E-state index < -0.39 is 5.97 Å².